The number of hydrogen-bond donors (Lipinski definition) is 2. The van der Waals surface area contributed by atoms with Crippen molar-refractivity contribution in [3.63, 3.8) is 0 Å². The summed E-state index contributed by atoms with van der Waals surface area (Å²) in [5.41, 5.74) is 2.40. The molecule has 2 aromatic carbocycles. The average molecular weight is 228 g/mol. The molecular formula is C15H16O2. The summed E-state index contributed by atoms with van der Waals surface area (Å²) in [6.07, 6.45) is 1.70. The number of benzene rings is 2. The summed E-state index contributed by atoms with van der Waals surface area (Å²) in [5.74, 6) is 0.473. The SMILES string of the molecule is CCCc1cc(O)cc(-c2ccccc2)c1O. The van der Waals surface area contributed by atoms with Crippen LogP contribution in [-0.2, 0) is 6.42 Å². The van der Waals surface area contributed by atoms with Crippen LogP contribution in [0.2, 0.25) is 0 Å². The topological polar surface area (TPSA) is 40.5 Å². The van der Waals surface area contributed by atoms with E-state index in [4.69, 9.17) is 0 Å². The van der Waals surface area contributed by atoms with Crippen LogP contribution >= 0.6 is 0 Å². The van der Waals surface area contributed by atoms with Crippen molar-refractivity contribution in [1.82, 2.24) is 0 Å². The number of aromatic hydroxyl groups is 2. The molecule has 0 spiro atoms. The van der Waals surface area contributed by atoms with Gasteiger partial charge in [-0.1, -0.05) is 43.7 Å². The summed E-state index contributed by atoms with van der Waals surface area (Å²) in [7, 11) is 0. The second-order valence-corrected chi connectivity index (χ2v) is 4.12. The summed E-state index contributed by atoms with van der Waals surface area (Å²) in [5, 5.41) is 19.9. The average Bonchev–Trinajstić information content (AvgIpc) is 2.35. The lowest BCUT2D eigenvalue weighted by atomic mass is 9.99. The molecule has 0 saturated carbocycles. The molecule has 0 aliphatic rings. The fourth-order valence-corrected chi connectivity index (χ4v) is 1.98. The molecule has 0 radical (unpaired) electrons. The molecular weight excluding hydrogens is 212 g/mol. The second-order valence-electron chi connectivity index (χ2n) is 4.12. The van der Waals surface area contributed by atoms with Crippen LogP contribution in [0.5, 0.6) is 11.5 Å². The molecule has 88 valence electrons. The number of hydrogen-bond acceptors (Lipinski definition) is 2. The highest BCUT2D eigenvalue weighted by molar-refractivity contribution is 5.73. The third-order valence-corrected chi connectivity index (χ3v) is 2.78. The normalized spacial score (nSPS) is 10.4. The molecule has 17 heavy (non-hydrogen) atoms. The number of phenols is 2. The van der Waals surface area contributed by atoms with E-state index in [0.29, 0.717) is 5.56 Å². The summed E-state index contributed by atoms with van der Waals surface area (Å²) in [6.45, 7) is 2.05. The highest BCUT2D eigenvalue weighted by Crippen LogP contribution is 2.36. The Morgan fingerprint density at radius 2 is 1.71 bits per heavy atom. The molecule has 0 atom stereocenters. The Hall–Kier alpha value is -1.96. The first-order valence-electron chi connectivity index (χ1n) is 5.82. The van der Waals surface area contributed by atoms with Crippen LogP contribution in [0.15, 0.2) is 42.5 Å². The van der Waals surface area contributed by atoms with E-state index in [-0.39, 0.29) is 11.5 Å². The van der Waals surface area contributed by atoms with E-state index in [1.807, 2.05) is 37.3 Å². The molecule has 2 heteroatoms. The van der Waals surface area contributed by atoms with Gasteiger partial charge in [0.25, 0.3) is 0 Å². The van der Waals surface area contributed by atoms with Gasteiger partial charge >= 0.3 is 0 Å². The van der Waals surface area contributed by atoms with E-state index >= 15 is 0 Å². The fourth-order valence-electron chi connectivity index (χ4n) is 1.98. The van der Waals surface area contributed by atoms with Crippen molar-refractivity contribution in [2.75, 3.05) is 0 Å². The molecule has 2 aromatic rings. The summed E-state index contributed by atoms with van der Waals surface area (Å²) >= 11 is 0. The van der Waals surface area contributed by atoms with Crippen LogP contribution in [-0.4, -0.2) is 10.2 Å². The lowest BCUT2D eigenvalue weighted by Gasteiger charge is -2.10. The molecule has 0 bridgehead atoms. The van der Waals surface area contributed by atoms with E-state index in [0.717, 1.165) is 24.0 Å². The van der Waals surface area contributed by atoms with Gasteiger partial charge in [-0.05, 0) is 29.7 Å². The van der Waals surface area contributed by atoms with Gasteiger partial charge in [-0.25, -0.2) is 0 Å². The van der Waals surface area contributed by atoms with Gasteiger partial charge in [0.15, 0.2) is 0 Å². The van der Waals surface area contributed by atoms with Crippen molar-refractivity contribution in [3.05, 3.63) is 48.0 Å². The molecule has 2 rings (SSSR count). The molecule has 0 aliphatic heterocycles. The Kier molecular flexibility index (Phi) is 3.33. The van der Waals surface area contributed by atoms with Gasteiger partial charge in [0.1, 0.15) is 11.5 Å². The molecule has 0 aromatic heterocycles. The van der Waals surface area contributed by atoms with Gasteiger partial charge in [0.05, 0.1) is 0 Å². The van der Waals surface area contributed by atoms with Gasteiger partial charge in [-0.15, -0.1) is 0 Å². The number of aryl methyl sites for hydroxylation is 1. The first-order chi connectivity index (χ1) is 8.22. The van der Waals surface area contributed by atoms with Gasteiger partial charge in [0, 0.05) is 5.56 Å². The Balaban J connectivity index is 2.54. The molecule has 0 heterocycles. The minimum atomic E-state index is 0.199. The molecule has 2 N–H and O–H groups in total. The maximum absolute atomic E-state index is 10.2. The third kappa shape index (κ3) is 2.41. The van der Waals surface area contributed by atoms with Crippen LogP contribution in [0.3, 0.4) is 0 Å². The monoisotopic (exact) mass is 228 g/mol. The lowest BCUT2D eigenvalue weighted by Crippen LogP contribution is -1.88. The lowest BCUT2D eigenvalue weighted by molar-refractivity contribution is 0.455. The predicted molar refractivity (Wildman–Crippen MR) is 69.2 cm³/mol. The highest BCUT2D eigenvalue weighted by atomic mass is 16.3. The first-order valence-corrected chi connectivity index (χ1v) is 5.82. The zero-order valence-electron chi connectivity index (χ0n) is 9.85. The standard InChI is InChI=1S/C15H16O2/c1-2-6-12-9-13(16)10-14(15(12)17)11-7-4-3-5-8-11/h3-5,7-10,16-17H,2,6H2,1H3. The highest BCUT2D eigenvalue weighted by Gasteiger charge is 2.10. The van der Waals surface area contributed by atoms with Crippen molar-refractivity contribution in [2.24, 2.45) is 0 Å². The van der Waals surface area contributed by atoms with Gasteiger partial charge < -0.3 is 10.2 Å². The van der Waals surface area contributed by atoms with E-state index in [2.05, 4.69) is 0 Å². The van der Waals surface area contributed by atoms with Gasteiger partial charge in [-0.2, -0.15) is 0 Å². The van der Waals surface area contributed by atoms with Gasteiger partial charge in [-0.3, -0.25) is 0 Å². The fraction of sp³-hybridized carbons (Fsp3) is 0.200. The molecule has 0 unspecified atom stereocenters. The molecule has 0 aliphatic carbocycles. The Morgan fingerprint density at radius 1 is 1.00 bits per heavy atom. The summed E-state index contributed by atoms with van der Waals surface area (Å²) in [4.78, 5) is 0. The predicted octanol–water partition coefficient (Wildman–Crippen LogP) is 3.72. The van der Waals surface area contributed by atoms with Gasteiger partial charge in [0.2, 0.25) is 0 Å². The third-order valence-electron chi connectivity index (χ3n) is 2.78. The Labute approximate surface area is 101 Å². The first kappa shape index (κ1) is 11.5. The van der Waals surface area contributed by atoms with Crippen molar-refractivity contribution >= 4 is 0 Å². The smallest absolute Gasteiger partial charge is 0.126 e. The van der Waals surface area contributed by atoms with Crippen LogP contribution in [0, 0.1) is 0 Å². The maximum atomic E-state index is 10.2. The van der Waals surface area contributed by atoms with Crippen LogP contribution in [0.4, 0.5) is 0 Å². The van der Waals surface area contributed by atoms with Crippen molar-refractivity contribution in [3.8, 4) is 22.6 Å². The molecule has 0 saturated heterocycles. The van der Waals surface area contributed by atoms with Crippen molar-refractivity contribution in [2.45, 2.75) is 19.8 Å². The zero-order chi connectivity index (χ0) is 12.3. The van der Waals surface area contributed by atoms with Crippen LogP contribution in [0.1, 0.15) is 18.9 Å². The zero-order valence-corrected chi connectivity index (χ0v) is 9.85. The quantitative estimate of drug-likeness (QED) is 0.786. The Bertz CT molecular complexity index is 504. The van der Waals surface area contributed by atoms with Crippen molar-refractivity contribution in [1.29, 1.82) is 0 Å². The number of rotatable bonds is 3. The van der Waals surface area contributed by atoms with E-state index in [1.54, 1.807) is 12.1 Å². The van der Waals surface area contributed by atoms with Crippen LogP contribution in [0.25, 0.3) is 11.1 Å². The van der Waals surface area contributed by atoms with Crippen molar-refractivity contribution < 1.29 is 10.2 Å². The minimum absolute atomic E-state index is 0.199. The van der Waals surface area contributed by atoms with E-state index < -0.39 is 0 Å². The van der Waals surface area contributed by atoms with Crippen LogP contribution < -0.4 is 0 Å². The molecule has 0 amide bonds. The Morgan fingerprint density at radius 3 is 2.35 bits per heavy atom. The molecule has 2 nitrogen and oxygen atoms in total. The minimum Gasteiger partial charge on any atom is -0.508 e. The summed E-state index contributed by atoms with van der Waals surface area (Å²) in [6, 6.07) is 12.8. The molecule has 0 fully saturated rings. The van der Waals surface area contributed by atoms with E-state index in [1.165, 1.54) is 0 Å². The summed E-state index contributed by atoms with van der Waals surface area (Å²) < 4.78 is 0. The maximum Gasteiger partial charge on any atom is 0.126 e. The number of phenolic OH excluding ortho intramolecular Hbond substituents is 2. The van der Waals surface area contributed by atoms with E-state index in [9.17, 15) is 10.2 Å². The second kappa shape index (κ2) is 4.91. The largest absolute Gasteiger partial charge is 0.508 e.